The topological polar surface area (TPSA) is 23.5 Å². The van der Waals surface area contributed by atoms with E-state index in [1.165, 1.54) is 37.7 Å². The molecule has 1 unspecified atom stereocenters. The number of hydrogen-bond acceptors (Lipinski definition) is 2. The third kappa shape index (κ3) is 4.31. The van der Waals surface area contributed by atoms with Crippen LogP contribution >= 0.6 is 0 Å². The molecule has 0 radical (unpaired) electrons. The lowest BCUT2D eigenvalue weighted by Crippen LogP contribution is -2.34. The third-order valence-electron chi connectivity index (χ3n) is 4.79. The van der Waals surface area contributed by atoms with Crippen molar-refractivity contribution in [2.45, 2.75) is 58.0 Å². The van der Waals surface area contributed by atoms with Crippen LogP contribution in [0.5, 0.6) is 0 Å². The monoisotopic (exact) mass is 289 g/mol. The molecule has 0 spiro atoms. The fourth-order valence-corrected chi connectivity index (χ4v) is 3.74. The summed E-state index contributed by atoms with van der Waals surface area (Å²) in [5.41, 5.74) is 2.35. The van der Waals surface area contributed by atoms with Crippen molar-refractivity contribution in [3.05, 3.63) is 35.4 Å². The Morgan fingerprint density at radius 3 is 2.19 bits per heavy atom. The molecule has 0 bridgehead atoms. The molecule has 2 heteroatoms. The molecule has 1 fully saturated rings. The van der Waals surface area contributed by atoms with E-state index in [4.69, 9.17) is 0 Å². The molecule has 1 aromatic rings. The number of benzene rings is 1. The molecule has 1 aliphatic carbocycles. The van der Waals surface area contributed by atoms with Crippen LogP contribution in [0.2, 0.25) is 0 Å². The van der Waals surface area contributed by atoms with Crippen LogP contribution < -0.4 is 0 Å². The van der Waals surface area contributed by atoms with Gasteiger partial charge in [0.1, 0.15) is 0 Å². The van der Waals surface area contributed by atoms with Crippen molar-refractivity contribution in [2.75, 3.05) is 20.6 Å². The van der Waals surface area contributed by atoms with Gasteiger partial charge < -0.3 is 10.0 Å². The summed E-state index contributed by atoms with van der Waals surface area (Å²) in [6.07, 6.45) is 6.37. The molecule has 1 saturated carbocycles. The predicted octanol–water partition coefficient (Wildman–Crippen LogP) is 4.36. The Kier molecular flexibility index (Phi) is 5.45. The smallest absolute Gasteiger partial charge is 0.0853 e. The summed E-state index contributed by atoms with van der Waals surface area (Å²) in [6.45, 7) is 5.14. The lowest BCUT2D eigenvalue weighted by molar-refractivity contribution is 0.0307. The molecule has 0 saturated heterocycles. The summed E-state index contributed by atoms with van der Waals surface area (Å²) in [7, 11) is 4.11. The zero-order chi connectivity index (χ0) is 15.5. The molecule has 0 amide bonds. The number of nitrogens with zero attached hydrogens (tertiary/aromatic N) is 1. The highest BCUT2D eigenvalue weighted by molar-refractivity contribution is 5.28. The largest absolute Gasteiger partial charge is 0.388 e. The van der Waals surface area contributed by atoms with E-state index in [1.54, 1.807) is 0 Å². The number of rotatable bonds is 5. The fraction of sp³-hybridized carbons (Fsp3) is 0.684. The minimum absolute atomic E-state index is 0.143. The molecular weight excluding hydrogens is 258 g/mol. The highest BCUT2D eigenvalue weighted by Gasteiger charge is 2.29. The first kappa shape index (κ1) is 16.5. The Hall–Kier alpha value is -0.860. The van der Waals surface area contributed by atoms with E-state index in [9.17, 15) is 5.11 Å². The maximum atomic E-state index is 10.7. The van der Waals surface area contributed by atoms with Crippen LogP contribution in [0.3, 0.4) is 0 Å². The highest BCUT2D eigenvalue weighted by Crippen LogP contribution is 2.36. The van der Waals surface area contributed by atoms with Gasteiger partial charge >= 0.3 is 0 Å². The van der Waals surface area contributed by atoms with Gasteiger partial charge in [0, 0.05) is 12.0 Å². The molecule has 1 N–H and O–H groups in total. The zero-order valence-electron chi connectivity index (χ0n) is 14.1. The van der Waals surface area contributed by atoms with Gasteiger partial charge in [0.2, 0.25) is 0 Å². The Balaban J connectivity index is 2.07. The van der Waals surface area contributed by atoms with E-state index in [0.717, 1.165) is 18.0 Å². The van der Waals surface area contributed by atoms with Crippen molar-refractivity contribution in [3.8, 4) is 0 Å². The summed E-state index contributed by atoms with van der Waals surface area (Å²) >= 11 is 0. The average Bonchev–Trinajstić information content (AvgIpc) is 2.46. The summed E-state index contributed by atoms with van der Waals surface area (Å²) < 4.78 is 0. The van der Waals surface area contributed by atoms with Crippen LogP contribution in [0.15, 0.2) is 24.3 Å². The molecule has 0 heterocycles. The molecule has 21 heavy (non-hydrogen) atoms. The second-order valence-electron chi connectivity index (χ2n) is 7.63. The highest BCUT2D eigenvalue weighted by atomic mass is 16.3. The van der Waals surface area contributed by atoms with Crippen LogP contribution in [0, 0.1) is 5.41 Å². The lowest BCUT2D eigenvalue weighted by atomic mass is 9.80. The Bertz CT molecular complexity index is 429. The van der Waals surface area contributed by atoms with E-state index >= 15 is 0 Å². The van der Waals surface area contributed by atoms with Crippen molar-refractivity contribution < 1.29 is 5.11 Å². The van der Waals surface area contributed by atoms with Gasteiger partial charge in [0.25, 0.3) is 0 Å². The summed E-state index contributed by atoms with van der Waals surface area (Å²) in [4.78, 5) is 2.14. The first-order valence-electron chi connectivity index (χ1n) is 8.33. The molecule has 1 atom stereocenters. The van der Waals surface area contributed by atoms with Gasteiger partial charge in [-0.25, -0.2) is 0 Å². The normalized spacial score (nSPS) is 19.0. The van der Waals surface area contributed by atoms with E-state index in [1.807, 2.05) is 0 Å². The summed E-state index contributed by atoms with van der Waals surface area (Å²) in [6, 6.07) is 8.73. The number of aliphatic hydroxyl groups is 1. The van der Waals surface area contributed by atoms with Gasteiger partial charge in [-0.1, -0.05) is 57.4 Å². The first-order valence-corrected chi connectivity index (χ1v) is 8.33. The molecular formula is C19H31NO. The van der Waals surface area contributed by atoms with Gasteiger partial charge in [-0.2, -0.15) is 0 Å². The van der Waals surface area contributed by atoms with E-state index < -0.39 is 6.10 Å². The zero-order valence-corrected chi connectivity index (χ0v) is 14.1. The quantitative estimate of drug-likeness (QED) is 0.871. The standard InChI is InChI=1S/C19H31NO/c1-19(2,14-20(3)4)18(21)17-12-10-16(11-13-17)15-8-6-5-7-9-15/h10-13,15,18,21H,5-9,14H2,1-4H3. The Labute approximate surface area is 130 Å². The van der Waals surface area contributed by atoms with Gasteiger partial charge in [-0.05, 0) is 44.0 Å². The van der Waals surface area contributed by atoms with Crippen LogP contribution in [-0.2, 0) is 0 Å². The predicted molar refractivity (Wildman–Crippen MR) is 89.6 cm³/mol. The molecule has 0 aliphatic heterocycles. The Morgan fingerprint density at radius 2 is 1.67 bits per heavy atom. The molecule has 1 aliphatic rings. The minimum Gasteiger partial charge on any atom is -0.388 e. The molecule has 2 rings (SSSR count). The van der Waals surface area contributed by atoms with Gasteiger partial charge in [-0.15, -0.1) is 0 Å². The third-order valence-corrected chi connectivity index (χ3v) is 4.79. The maximum Gasteiger partial charge on any atom is 0.0853 e. The van der Waals surface area contributed by atoms with Crippen molar-refractivity contribution in [1.29, 1.82) is 0 Å². The number of aliphatic hydroxyl groups excluding tert-OH is 1. The van der Waals surface area contributed by atoms with Crippen molar-refractivity contribution in [2.24, 2.45) is 5.41 Å². The van der Waals surface area contributed by atoms with E-state index in [-0.39, 0.29) is 5.41 Å². The van der Waals surface area contributed by atoms with Crippen LogP contribution in [-0.4, -0.2) is 30.6 Å². The summed E-state index contributed by atoms with van der Waals surface area (Å²) in [5.74, 6) is 0.736. The first-order chi connectivity index (χ1) is 9.90. The summed E-state index contributed by atoms with van der Waals surface area (Å²) in [5, 5.41) is 10.7. The fourth-order valence-electron chi connectivity index (χ4n) is 3.74. The van der Waals surface area contributed by atoms with Crippen molar-refractivity contribution in [1.82, 2.24) is 4.90 Å². The van der Waals surface area contributed by atoms with E-state index in [2.05, 4.69) is 57.1 Å². The molecule has 118 valence electrons. The van der Waals surface area contributed by atoms with Gasteiger partial charge in [-0.3, -0.25) is 0 Å². The van der Waals surface area contributed by atoms with Gasteiger partial charge in [0.15, 0.2) is 0 Å². The second kappa shape index (κ2) is 6.93. The lowest BCUT2D eigenvalue weighted by Gasteiger charge is -2.33. The maximum absolute atomic E-state index is 10.7. The minimum atomic E-state index is -0.416. The molecule has 2 nitrogen and oxygen atoms in total. The van der Waals surface area contributed by atoms with E-state index in [0.29, 0.717) is 0 Å². The van der Waals surface area contributed by atoms with Gasteiger partial charge in [0.05, 0.1) is 6.10 Å². The Morgan fingerprint density at radius 1 is 1.10 bits per heavy atom. The number of hydrogen-bond donors (Lipinski definition) is 1. The van der Waals surface area contributed by atoms with Crippen LogP contribution in [0.25, 0.3) is 0 Å². The average molecular weight is 289 g/mol. The van der Waals surface area contributed by atoms with Crippen LogP contribution in [0.4, 0.5) is 0 Å². The van der Waals surface area contributed by atoms with Crippen molar-refractivity contribution >= 4 is 0 Å². The van der Waals surface area contributed by atoms with Crippen molar-refractivity contribution in [3.63, 3.8) is 0 Å². The molecule has 0 aromatic heterocycles. The van der Waals surface area contributed by atoms with Crippen LogP contribution in [0.1, 0.15) is 69.1 Å². The molecule has 1 aromatic carbocycles. The SMILES string of the molecule is CN(C)CC(C)(C)C(O)c1ccc(C2CCCCC2)cc1. The second-order valence-corrected chi connectivity index (χ2v) is 7.63.